The highest BCUT2D eigenvalue weighted by Gasteiger charge is 2.69. The molecule has 0 bridgehead atoms. The maximum Gasteiger partial charge on any atom is 0.230 e. The second-order valence-electron chi connectivity index (χ2n) is 9.22. The minimum atomic E-state index is -2.67. The van der Waals surface area contributed by atoms with Gasteiger partial charge in [-0.2, -0.15) is 0 Å². The maximum absolute atomic E-state index is 13.6. The van der Waals surface area contributed by atoms with Crippen LogP contribution in [0.2, 0.25) is 0 Å². The van der Waals surface area contributed by atoms with E-state index in [1.165, 1.54) is 17.0 Å². The molecule has 3 unspecified atom stereocenters. The van der Waals surface area contributed by atoms with Crippen LogP contribution in [0.4, 0.5) is 0 Å². The molecule has 1 aromatic rings. The van der Waals surface area contributed by atoms with Crippen LogP contribution in [0.1, 0.15) is 27.9 Å². The zero-order valence-corrected chi connectivity index (χ0v) is 17.7. The molecule has 10 nitrogen and oxygen atoms in total. The number of ketones is 3. The smallest absolute Gasteiger partial charge is 0.230 e. The third kappa shape index (κ3) is 2.80. The fraction of sp³-hybridized carbons (Fsp3) is 0.545. The Kier molecular flexibility index (Phi) is 5.24. The number of likely N-dealkylation sites (N-methyl/N-ethyl adjacent to an activating group) is 1. The van der Waals surface area contributed by atoms with E-state index >= 15 is 0 Å². The Labute approximate surface area is 183 Å². The molecule has 1 aromatic carbocycles. The summed E-state index contributed by atoms with van der Waals surface area (Å²) in [4.78, 5) is 53.6. The molecule has 6 N–H and O–H groups in total. The number of rotatable bonds is 3. The first-order valence-electron chi connectivity index (χ1n) is 10.4. The predicted molar refractivity (Wildman–Crippen MR) is 108 cm³/mol. The zero-order chi connectivity index (χ0) is 23.7. The van der Waals surface area contributed by atoms with Crippen LogP contribution in [-0.2, 0) is 27.4 Å². The summed E-state index contributed by atoms with van der Waals surface area (Å²) in [5, 5.41) is 42.2. The number of phenolic OH excluding ortho intramolecular Hbond substituents is 1. The number of hydrogen-bond donors (Lipinski definition) is 5. The number of aliphatic hydroxyl groups is 3. The van der Waals surface area contributed by atoms with Crippen LogP contribution in [0.3, 0.4) is 0 Å². The molecule has 3 aliphatic rings. The zero-order valence-electron chi connectivity index (χ0n) is 17.7. The number of amides is 1. The van der Waals surface area contributed by atoms with E-state index in [1.54, 1.807) is 14.1 Å². The summed E-state index contributed by atoms with van der Waals surface area (Å²) < 4.78 is 0. The van der Waals surface area contributed by atoms with Crippen molar-refractivity contribution in [3.05, 3.63) is 28.8 Å². The van der Waals surface area contributed by atoms with Gasteiger partial charge in [-0.15, -0.1) is 0 Å². The molecule has 172 valence electrons. The first kappa shape index (κ1) is 22.5. The van der Waals surface area contributed by atoms with Gasteiger partial charge in [0.05, 0.1) is 24.2 Å². The number of benzene rings is 1. The molecule has 0 radical (unpaired) electrons. The van der Waals surface area contributed by atoms with Gasteiger partial charge in [0.25, 0.3) is 0 Å². The van der Waals surface area contributed by atoms with E-state index in [0.717, 1.165) is 0 Å². The fourth-order valence-electron chi connectivity index (χ4n) is 6.03. The van der Waals surface area contributed by atoms with E-state index in [0.29, 0.717) is 11.1 Å². The lowest BCUT2D eigenvalue weighted by atomic mass is 9.52. The lowest BCUT2D eigenvalue weighted by Gasteiger charge is -2.54. The van der Waals surface area contributed by atoms with Gasteiger partial charge < -0.3 is 31.1 Å². The van der Waals surface area contributed by atoms with Crippen molar-refractivity contribution >= 4 is 23.3 Å². The Morgan fingerprint density at radius 1 is 1.22 bits per heavy atom. The topological polar surface area (TPSA) is 178 Å². The number of phenols is 1. The Hall–Kier alpha value is -2.66. The SMILES string of the molecule is CN(C)[C@H]1C(O)C(C(N)=O)C(=O)[C@]2(O)C(=O)C3C(=O)c4c(O)ccc(CO)c4C[C@@H]3C[C@H]12. The lowest BCUT2D eigenvalue weighted by Crippen LogP contribution is -2.75. The van der Waals surface area contributed by atoms with Crippen LogP contribution in [-0.4, -0.2) is 80.4 Å². The molecule has 0 aromatic heterocycles. The lowest BCUT2D eigenvalue weighted by molar-refractivity contribution is -0.190. The molecule has 0 spiro atoms. The Balaban J connectivity index is 1.87. The molecule has 0 saturated heterocycles. The van der Waals surface area contributed by atoms with Crippen LogP contribution in [0.5, 0.6) is 5.75 Å². The molecule has 32 heavy (non-hydrogen) atoms. The molecular formula is C22H26N2O8. The number of hydrogen-bond acceptors (Lipinski definition) is 9. The van der Waals surface area contributed by atoms with Gasteiger partial charge in [-0.3, -0.25) is 19.2 Å². The number of nitrogens with two attached hydrogens (primary N) is 1. The fourth-order valence-corrected chi connectivity index (χ4v) is 6.03. The van der Waals surface area contributed by atoms with Crippen molar-refractivity contribution in [3.8, 4) is 5.75 Å². The van der Waals surface area contributed by atoms with Crippen molar-refractivity contribution in [1.29, 1.82) is 0 Å². The number of Topliss-reactive ketones (excluding diaryl/α,β-unsaturated/α-hetero) is 3. The highest BCUT2D eigenvalue weighted by atomic mass is 16.3. The molecule has 3 aliphatic carbocycles. The summed E-state index contributed by atoms with van der Waals surface area (Å²) >= 11 is 0. The quantitative estimate of drug-likeness (QED) is 0.333. The summed E-state index contributed by atoms with van der Waals surface area (Å²) in [7, 11) is 3.17. The first-order valence-corrected chi connectivity index (χ1v) is 10.4. The second-order valence-corrected chi connectivity index (χ2v) is 9.22. The number of aliphatic hydroxyl groups excluding tert-OH is 2. The van der Waals surface area contributed by atoms with E-state index < -0.39 is 64.7 Å². The average Bonchev–Trinajstić information content (AvgIpc) is 2.70. The van der Waals surface area contributed by atoms with Gasteiger partial charge in [0.15, 0.2) is 23.0 Å². The van der Waals surface area contributed by atoms with E-state index in [9.17, 15) is 39.6 Å². The minimum absolute atomic E-state index is 0.0374. The van der Waals surface area contributed by atoms with Crippen LogP contribution < -0.4 is 5.73 Å². The standard InChI is InChI=1S/C22H26N2O8/c1-24(2)16-11-6-9-5-10-8(7-25)3-4-12(26)14(10)17(27)13(9)19(29)22(11,32)20(30)15(18(16)28)21(23)31/h3-4,9,11,13,15-16,18,25-26,28,32H,5-7H2,1-2H3,(H2,23,31)/t9-,11-,13?,15?,16-,18?,22-/m1/s1. The molecule has 0 heterocycles. The first-order chi connectivity index (χ1) is 15.0. The molecule has 10 heteroatoms. The number of aromatic hydroxyl groups is 1. The monoisotopic (exact) mass is 446 g/mol. The number of carbonyl (C=O) groups is 4. The van der Waals surface area contributed by atoms with Crippen molar-refractivity contribution in [2.75, 3.05) is 14.1 Å². The number of nitrogens with zero attached hydrogens (tertiary/aromatic N) is 1. The third-order valence-electron chi connectivity index (χ3n) is 7.44. The van der Waals surface area contributed by atoms with E-state index in [2.05, 4.69) is 0 Å². The summed E-state index contributed by atoms with van der Waals surface area (Å²) in [5.41, 5.74) is 3.41. The van der Waals surface area contributed by atoms with E-state index in [4.69, 9.17) is 5.73 Å². The van der Waals surface area contributed by atoms with Crippen molar-refractivity contribution in [1.82, 2.24) is 4.90 Å². The van der Waals surface area contributed by atoms with Gasteiger partial charge in [0, 0.05) is 12.0 Å². The van der Waals surface area contributed by atoms with Gasteiger partial charge >= 0.3 is 0 Å². The highest BCUT2D eigenvalue weighted by molar-refractivity contribution is 6.25. The van der Waals surface area contributed by atoms with Crippen molar-refractivity contribution in [3.63, 3.8) is 0 Å². The maximum atomic E-state index is 13.6. The van der Waals surface area contributed by atoms with Gasteiger partial charge in [0.1, 0.15) is 11.7 Å². The normalized spacial score (nSPS) is 36.5. The van der Waals surface area contributed by atoms with Crippen LogP contribution in [0.25, 0.3) is 0 Å². The molecular weight excluding hydrogens is 420 g/mol. The van der Waals surface area contributed by atoms with Crippen molar-refractivity contribution < 1.29 is 39.6 Å². The molecule has 4 rings (SSSR count). The van der Waals surface area contributed by atoms with E-state index in [1.807, 2.05) is 0 Å². The molecule has 2 saturated carbocycles. The number of primary amides is 1. The summed E-state index contributed by atoms with van der Waals surface area (Å²) in [6, 6.07) is 1.80. The van der Waals surface area contributed by atoms with Crippen LogP contribution >= 0.6 is 0 Å². The highest BCUT2D eigenvalue weighted by Crippen LogP contribution is 2.51. The average molecular weight is 446 g/mol. The summed E-state index contributed by atoms with van der Waals surface area (Å²) in [6.45, 7) is -0.369. The molecule has 0 aliphatic heterocycles. The number of carbonyl (C=O) groups excluding carboxylic acids is 4. The molecule has 7 atom stereocenters. The van der Waals surface area contributed by atoms with Gasteiger partial charge in [-0.25, -0.2) is 0 Å². The van der Waals surface area contributed by atoms with E-state index in [-0.39, 0.29) is 30.8 Å². The number of fused-ring (bicyclic) bond motifs is 3. The van der Waals surface area contributed by atoms with Crippen molar-refractivity contribution in [2.24, 2.45) is 29.4 Å². The van der Waals surface area contributed by atoms with Gasteiger partial charge in [0.2, 0.25) is 5.91 Å². The minimum Gasteiger partial charge on any atom is -0.507 e. The molecule has 1 amide bonds. The van der Waals surface area contributed by atoms with Crippen LogP contribution in [0.15, 0.2) is 12.1 Å². The predicted octanol–water partition coefficient (Wildman–Crippen LogP) is -1.85. The third-order valence-corrected chi connectivity index (χ3v) is 7.44. The van der Waals surface area contributed by atoms with Crippen LogP contribution in [0, 0.1) is 23.7 Å². The van der Waals surface area contributed by atoms with Gasteiger partial charge in [-0.05, 0) is 50.0 Å². The van der Waals surface area contributed by atoms with Crippen molar-refractivity contribution in [2.45, 2.75) is 37.2 Å². The Morgan fingerprint density at radius 2 is 1.88 bits per heavy atom. The van der Waals surface area contributed by atoms with Gasteiger partial charge in [-0.1, -0.05) is 6.07 Å². The summed E-state index contributed by atoms with van der Waals surface area (Å²) in [6.07, 6.45) is -1.33. The second kappa shape index (κ2) is 7.45. The Morgan fingerprint density at radius 3 is 2.44 bits per heavy atom. The molecule has 2 fully saturated rings. The Bertz CT molecular complexity index is 1040. The largest absolute Gasteiger partial charge is 0.507 e. The summed E-state index contributed by atoms with van der Waals surface area (Å²) in [5.74, 6) is -9.40.